The summed E-state index contributed by atoms with van der Waals surface area (Å²) >= 11 is 0. The molecule has 0 amide bonds. The van der Waals surface area contributed by atoms with Crippen molar-refractivity contribution in [2.45, 2.75) is 26.8 Å². The molecular weight excluding hydrogens is 300 g/mol. The summed E-state index contributed by atoms with van der Waals surface area (Å²) in [6.07, 6.45) is 0. The summed E-state index contributed by atoms with van der Waals surface area (Å²) in [5.74, 6) is 0. The van der Waals surface area contributed by atoms with Crippen LogP contribution in [0.5, 0.6) is 0 Å². The molecule has 0 spiro atoms. The number of benzene rings is 3. The van der Waals surface area contributed by atoms with E-state index in [1.54, 1.807) is 0 Å². The molecule has 0 N–H and O–H groups in total. The van der Waals surface area contributed by atoms with E-state index in [0.29, 0.717) is 13.2 Å². The van der Waals surface area contributed by atoms with Crippen LogP contribution in [0.15, 0.2) is 54.6 Å². The highest BCUT2D eigenvalue weighted by Crippen LogP contribution is 2.27. The van der Waals surface area contributed by atoms with Crippen LogP contribution in [-0.2, 0) is 8.85 Å². The first kappa shape index (κ1) is 16.2. The fourth-order valence-electron chi connectivity index (χ4n) is 3.43. The van der Waals surface area contributed by atoms with E-state index in [1.807, 2.05) is 0 Å². The maximum absolute atomic E-state index is 6.24. The van der Waals surface area contributed by atoms with Crippen LogP contribution >= 0.6 is 0 Å². The summed E-state index contributed by atoms with van der Waals surface area (Å²) in [7, 11) is -2.40. The molecule has 0 fully saturated rings. The monoisotopic (exact) mass is 324 g/mol. The average Bonchev–Trinajstić information content (AvgIpc) is 2.60. The number of rotatable bonds is 6. The molecule has 3 rings (SSSR count). The Kier molecular flexibility index (Phi) is 4.81. The molecule has 0 saturated carbocycles. The Bertz CT molecular complexity index is 807. The van der Waals surface area contributed by atoms with Gasteiger partial charge in [0, 0.05) is 18.4 Å². The van der Waals surface area contributed by atoms with Gasteiger partial charge < -0.3 is 8.85 Å². The van der Waals surface area contributed by atoms with Gasteiger partial charge in [0.25, 0.3) is 0 Å². The Morgan fingerprint density at radius 2 is 1.39 bits per heavy atom. The van der Waals surface area contributed by atoms with Crippen molar-refractivity contribution in [1.29, 1.82) is 0 Å². The van der Waals surface area contributed by atoms with Crippen molar-refractivity contribution in [2.75, 3.05) is 13.2 Å². The molecule has 0 atom stereocenters. The second-order valence-electron chi connectivity index (χ2n) is 5.66. The van der Waals surface area contributed by atoms with Gasteiger partial charge in [-0.2, -0.15) is 0 Å². The average molecular weight is 324 g/mol. The standard InChI is InChI=1S/C20H24O2Si/c1-4-21-23(6-3,22-5-2)20-13-9-12-18-17-11-8-7-10-16(17)14-15-19(18)20/h7-15H,4-6H2,1-3H3. The van der Waals surface area contributed by atoms with Gasteiger partial charge in [-0.15, -0.1) is 0 Å². The minimum atomic E-state index is -2.40. The van der Waals surface area contributed by atoms with E-state index in [0.717, 1.165) is 6.04 Å². The third kappa shape index (κ3) is 2.80. The van der Waals surface area contributed by atoms with Crippen molar-refractivity contribution in [3.8, 4) is 0 Å². The van der Waals surface area contributed by atoms with Gasteiger partial charge >= 0.3 is 8.56 Å². The van der Waals surface area contributed by atoms with E-state index in [2.05, 4.69) is 75.4 Å². The third-order valence-electron chi connectivity index (χ3n) is 4.42. The van der Waals surface area contributed by atoms with Crippen LogP contribution in [-0.4, -0.2) is 21.8 Å². The van der Waals surface area contributed by atoms with Crippen LogP contribution in [0, 0.1) is 0 Å². The Hall–Kier alpha value is -1.68. The third-order valence-corrected chi connectivity index (χ3v) is 8.12. The van der Waals surface area contributed by atoms with Gasteiger partial charge in [-0.25, -0.2) is 0 Å². The fourth-order valence-corrected chi connectivity index (χ4v) is 6.53. The van der Waals surface area contributed by atoms with Gasteiger partial charge in [-0.05, 0) is 41.4 Å². The minimum absolute atomic E-state index is 0.685. The van der Waals surface area contributed by atoms with Gasteiger partial charge in [0.2, 0.25) is 0 Å². The van der Waals surface area contributed by atoms with Gasteiger partial charge in [-0.1, -0.05) is 61.5 Å². The second-order valence-corrected chi connectivity index (χ2v) is 8.99. The molecule has 0 aliphatic carbocycles. The van der Waals surface area contributed by atoms with Crippen molar-refractivity contribution in [2.24, 2.45) is 0 Å². The smallest absolute Gasteiger partial charge is 0.372 e. The number of hydrogen-bond donors (Lipinski definition) is 0. The SMILES string of the molecule is CCO[Si](CC)(OCC)c1cccc2c1ccc1ccccc12. The molecule has 0 bridgehead atoms. The molecule has 3 aromatic rings. The lowest BCUT2D eigenvalue weighted by atomic mass is 10.0. The highest BCUT2D eigenvalue weighted by molar-refractivity contribution is 6.83. The van der Waals surface area contributed by atoms with Crippen LogP contribution in [0.25, 0.3) is 21.5 Å². The van der Waals surface area contributed by atoms with E-state index < -0.39 is 8.56 Å². The van der Waals surface area contributed by atoms with Crippen molar-refractivity contribution >= 4 is 35.3 Å². The molecule has 0 heterocycles. The summed E-state index contributed by atoms with van der Waals surface area (Å²) in [5.41, 5.74) is 0. The maximum atomic E-state index is 6.24. The molecule has 0 aliphatic rings. The van der Waals surface area contributed by atoms with E-state index in [1.165, 1.54) is 26.7 Å². The lowest BCUT2D eigenvalue weighted by molar-refractivity contribution is 0.197. The topological polar surface area (TPSA) is 18.5 Å². The highest BCUT2D eigenvalue weighted by Gasteiger charge is 2.39. The second kappa shape index (κ2) is 6.83. The van der Waals surface area contributed by atoms with Crippen LogP contribution in [0.2, 0.25) is 6.04 Å². The lowest BCUT2D eigenvalue weighted by Crippen LogP contribution is -2.53. The molecule has 0 unspecified atom stereocenters. The zero-order chi connectivity index (χ0) is 16.3. The van der Waals surface area contributed by atoms with Crippen molar-refractivity contribution < 1.29 is 8.85 Å². The Morgan fingerprint density at radius 3 is 2.09 bits per heavy atom. The van der Waals surface area contributed by atoms with Crippen LogP contribution in [0.4, 0.5) is 0 Å². The largest absolute Gasteiger partial charge is 0.391 e. The van der Waals surface area contributed by atoms with Crippen molar-refractivity contribution in [3.63, 3.8) is 0 Å². The van der Waals surface area contributed by atoms with Crippen LogP contribution < -0.4 is 5.19 Å². The lowest BCUT2D eigenvalue weighted by Gasteiger charge is -2.30. The first-order valence-corrected chi connectivity index (χ1v) is 10.5. The first-order chi connectivity index (χ1) is 11.3. The molecule has 23 heavy (non-hydrogen) atoms. The van der Waals surface area contributed by atoms with Gasteiger partial charge in [0.1, 0.15) is 0 Å². The molecule has 0 aromatic heterocycles. The quantitative estimate of drug-likeness (QED) is 0.482. The zero-order valence-corrected chi connectivity index (χ0v) is 15.1. The summed E-state index contributed by atoms with van der Waals surface area (Å²) in [6, 6.07) is 20.4. The van der Waals surface area contributed by atoms with Crippen molar-refractivity contribution in [1.82, 2.24) is 0 Å². The normalized spacial score (nSPS) is 12.1. The van der Waals surface area contributed by atoms with Crippen LogP contribution in [0.3, 0.4) is 0 Å². The Balaban J connectivity index is 2.30. The molecule has 120 valence electrons. The predicted molar refractivity (Wildman–Crippen MR) is 101 cm³/mol. The molecule has 0 radical (unpaired) electrons. The van der Waals surface area contributed by atoms with Crippen LogP contribution in [0.1, 0.15) is 20.8 Å². The maximum Gasteiger partial charge on any atom is 0.372 e. The highest BCUT2D eigenvalue weighted by atomic mass is 28.4. The molecule has 0 aliphatic heterocycles. The molecule has 0 saturated heterocycles. The Morgan fingerprint density at radius 1 is 0.696 bits per heavy atom. The first-order valence-electron chi connectivity index (χ1n) is 8.44. The van der Waals surface area contributed by atoms with E-state index in [4.69, 9.17) is 8.85 Å². The molecular formula is C20H24O2Si. The van der Waals surface area contributed by atoms with E-state index in [9.17, 15) is 0 Å². The molecule has 2 nitrogen and oxygen atoms in total. The van der Waals surface area contributed by atoms with Gasteiger partial charge in [0.15, 0.2) is 0 Å². The summed E-state index contributed by atoms with van der Waals surface area (Å²) in [5, 5.41) is 6.37. The summed E-state index contributed by atoms with van der Waals surface area (Å²) < 4.78 is 12.5. The summed E-state index contributed by atoms with van der Waals surface area (Å²) in [4.78, 5) is 0. The van der Waals surface area contributed by atoms with E-state index in [-0.39, 0.29) is 0 Å². The number of fused-ring (bicyclic) bond motifs is 3. The summed E-state index contributed by atoms with van der Waals surface area (Å²) in [6.45, 7) is 7.65. The van der Waals surface area contributed by atoms with Gasteiger partial charge in [-0.3, -0.25) is 0 Å². The van der Waals surface area contributed by atoms with Crippen molar-refractivity contribution in [3.05, 3.63) is 54.6 Å². The fraction of sp³-hybridized carbons (Fsp3) is 0.300. The van der Waals surface area contributed by atoms with E-state index >= 15 is 0 Å². The molecule has 3 aromatic carbocycles. The predicted octanol–water partition coefficient (Wildman–Crippen LogP) is 4.74. The number of hydrogen-bond acceptors (Lipinski definition) is 2. The Labute approximate surface area is 139 Å². The minimum Gasteiger partial charge on any atom is -0.391 e. The zero-order valence-electron chi connectivity index (χ0n) is 14.1. The van der Waals surface area contributed by atoms with Gasteiger partial charge in [0.05, 0.1) is 0 Å². The molecule has 3 heteroatoms.